The van der Waals surface area contributed by atoms with Gasteiger partial charge in [0.25, 0.3) is 5.69 Å². The molecule has 0 amide bonds. The van der Waals surface area contributed by atoms with E-state index in [-0.39, 0.29) is 12.4 Å². The van der Waals surface area contributed by atoms with Crippen LogP contribution < -0.4 is 10.5 Å². The van der Waals surface area contributed by atoms with Gasteiger partial charge in [0.05, 0.1) is 11.9 Å². The summed E-state index contributed by atoms with van der Waals surface area (Å²) in [4.78, 5) is 0. The summed E-state index contributed by atoms with van der Waals surface area (Å²) < 4.78 is 14.0. The molecule has 3 nitrogen and oxygen atoms in total. The van der Waals surface area contributed by atoms with E-state index in [2.05, 4.69) is 0 Å². The van der Waals surface area contributed by atoms with Crippen molar-refractivity contribution in [3.8, 4) is 0 Å². The van der Waals surface area contributed by atoms with Gasteiger partial charge in [0.1, 0.15) is 5.82 Å². The first-order valence-corrected chi connectivity index (χ1v) is 4.66. The van der Waals surface area contributed by atoms with E-state index in [9.17, 15) is 9.60 Å². The van der Waals surface area contributed by atoms with Gasteiger partial charge in [-0.1, -0.05) is 0 Å². The largest absolute Gasteiger partial charge is 0.321 e. The number of nitrogens with zero attached hydrogens (tertiary/aromatic N) is 1. The minimum absolute atomic E-state index is 0.207. The highest BCUT2D eigenvalue weighted by molar-refractivity contribution is 5.86. The van der Waals surface area contributed by atoms with E-state index in [4.69, 9.17) is 5.73 Å². The minimum atomic E-state index is -0.288. The Bertz CT molecular complexity index is 525. The van der Waals surface area contributed by atoms with Crippen LogP contribution in [0.2, 0.25) is 0 Å². The maximum atomic E-state index is 13.1. The lowest BCUT2D eigenvalue weighted by Gasteiger charge is -2.03. The van der Waals surface area contributed by atoms with Gasteiger partial charge in [-0.05, 0) is 25.1 Å². The van der Waals surface area contributed by atoms with Crippen molar-refractivity contribution in [1.82, 2.24) is 0 Å². The summed E-state index contributed by atoms with van der Waals surface area (Å²) in [5.74, 6) is -0.288. The molecule has 0 radical (unpaired) electrons. The first-order valence-electron chi connectivity index (χ1n) is 4.66. The molecule has 1 heterocycles. The Hall–Kier alpha value is -1.68. The number of hydrogen-bond acceptors (Lipinski definition) is 2. The zero-order chi connectivity index (χ0) is 11.0. The fourth-order valence-corrected chi connectivity index (χ4v) is 1.75. The summed E-state index contributed by atoms with van der Waals surface area (Å²) in [6.45, 7) is 2.02. The molecule has 0 unspecified atom stereocenters. The summed E-state index contributed by atoms with van der Waals surface area (Å²) in [6, 6.07) is 4.44. The number of aryl methyl sites for hydroxylation is 1. The first-order chi connectivity index (χ1) is 7.13. The van der Waals surface area contributed by atoms with Crippen LogP contribution in [0.1, 0.15) is 11.3 Å². The van der Waals surface area contributed by atoms with E-state index in [1.807, 2.05) is 6.92 Å². The van der Waals surface area contributed by atoms with Crippen molar-refractivity contribution in [2.75, 3.05) is 0 Å². The molecule has 3 N–H and O–H groups in total. The highest BCUT2D eigenvalue weighted by Gasteiger charge is 2.16. The average molecular weight is 207 g/mol. The van der Waals surface area contributed by atoms with Crippen molar-refractivity contribution in [1.29, 1.82) is 0 Å². The summed E-state index contributed by atoms with van der Waals surface area (Å²) in [5, 5.41) is 11.2. The van der Waals surface area contributed by atoms with Gasteiger partial charge in [-0.3, -0.25) is 5.21 Å². The number of nitrogens with two attached hydrogens (primary N) is 1. The van der Waals surface area contributed by atoms with Crippen LogP contribution in [0.15, 0.2) is 24.4 Å². The second-order valence-corrected chi connectivity index (χ2v) is 3.50. The van der Waals surface area contributed by atoms with E-state index in [0.717, 1.165) is 21.1 Å². The highest BCUT2D eigenvalue weighted by atomic mass is 19.1. The lowest BCUT2D eigenvalue weighted by atomic mass is 10.1. The Kier molecular flexibility index (Phi) is 2.28. The number of aromatic nitrogens is 1. The number of hydrogen-bond donors (Lipinski definition) is 2. The molecule has 2 aromatic rings. The molecule has 0 bridgehead atoms. The maximum absolute atomic E-state index is 13.1. The molecule has 0 saturated heterocycles. The van der Waals surface area contributed by atoms with Crippen LogP contribution in [0.25, 0.3) is 10.8 Å². The molecule has 0 aliphatic carbocycles. The van der Waals surface area contributed by atoms with Crippen LogP contribution >= 0.6 is 0 Å². The minimum Gasteiger partial charge on any atom is -0.321 e. The summed E-state index contributed by atoms with van der Waals surface area (Å²) in [6.07, 6.45) is 1.53. The lowest BCUT2D eigenvalue weighted by Crippen LogP contribution is -2.37. The number of fused-ring (bicyclic) bond motifs is 1. The summed E-state index contributed by atoms with van der Waals surface area (Å²) in [5.41, 5.74) is 6.92. The van der Waals surface area contributed by atoms with Crippen LogP contribution in [-0.4, -0.2) is 5.21 Å². The highest BCUT2D eigenvalue weighted by Crippen LogP contribution is 2.20. The molecule has 15 heavy (non-hydrogen) atoms. The van der Waals surface area contributed by atoms with E-state index in [0.29, 0.717) is 5.69 Å². The van der Waals surface area contributed by atoms with Gasteiger partial charge in [-0.15, -0.1) is 0 Å². The van der Waals surface area contributed by atoms with Crippen molar-refractivity contribution < 1.29 is 14.3 Å². The van der Waals surface area contributed by atoms with Crippen LogP contribution in [0.5, 0.6) is 0 Å². The van der Waals surface area contributed by atoms with E-state index in [1.54, 1.807) is 6.07 Å². The monoisotopic (exact) mass is 207 g/mol. The fourth-order valence-electron chi connectivity index (χ4n) is 1.75. The van der Waals surface area contributed by atoms with Crippen LogP contribution in [0.4, 0.5) is 4.39 Å². The topological polar surface area (TPSA) is 50.1 Å². The second-order valence-electron chi connectivity index (χ2n) is 3.50. The number of halogens is 1. The Balaban J connectivity index is 2.90. The van der Waals surface area contributed by atoms with Crippen molar-refractivity contribution in [3.05, 3.63) is 41.5 Å². The van der Waals surface area contributed by atoms with Crippen molar-refractivity contribution in [2.45, 2.75) is 13.5 Å². The van der Waals surface area contributed by atoms with E-state index in [1.165, 1.54) is 18.3 Å². The summed E-state index contributed by atoms with van der Waals surface area (Å²) >= 11 is 0. The molecule has 0 saturated carbocycles. The third-order valence-electron chi connectivity index (χ3n) is 2.50. The Morgan fingerprint density at radius 1 is 1.40 bits per heavy atom. The second kappa shape index (κ2) is 3.47. The van der Waals surface area contributed by atoms with Crippen LogP contribution in [0.3, 0.4) is 0 Å². The van der Waals surface area contributed by atoms with E-state index < -0.39 is 0 Å². The SMILES string of the molecule is Cc1c[n+](O)c(CN)c2ccc(F)cc12. The Morgan fingerprint density at radius 2 is 2.13 bits per heavy atom. The normalized spacial score (nSPS) is 10.9. The smallest absolute Gasteiger partial charge is 0.255 e. The third kappa shape index (κ3) is 1.53. The molecule has 0 fully saturated rings. The number of pyridine rings is 1. The molecule has 1 aromatic carbocycles. The molecular formula is C11H12FN2O+. The zero-order valence-corrected chi connectivity index (χ0v) is 8.37. The van der Waals surface area contributed by atoms with Gasteiger partial charge in [-0.25, -0.2) is 4.39 Å². The Morgan fingerprint density at radius 3 is 2.80 bits per heavy atom. The standard InChI is InChI=1S/C11H12FN2O/c1-7-6-14(15)11(5-13)9-3-2-8(12)4-10(7)9/h2-4,6,15H,5,13H2,1H3/q+1. The molecule has 0 aliphatic rings. The Labute approximate surface area is 86.5 Å². The van der Waals surface area contributed by atoms with Gasteiger partial charge >= 0.3 is 0 Å². The van der Waals surface area contributed by atoms with Gasteiger partial charge in [0, 0.05) is 15.7 Å². The van der Waals surface area contributed by atoms with Crippen LogP contribution in [0, 0.1) is 12.7 Å². The molecule has 1 aromatic heterocycles. The predicted molar refractivity (Wildman–Crippen MR) is 53.9 cm³/mol. The predicted octanol–water partition coefficient (Wildman–Crippen LogP) is 1.27. The van der Waals surface area contributed by atoms with Gasteiger partial charge < -0.3 is 5.73 Å². The van der Waals surface area contributed by atoms with Crippen LogP contribution in [-0.2, 0) is 6.54 Å². The van der Waals surface area contributed by atoms with Crippen molar-refractivity contribution in [3.63, 3.8) is 0 Å². The quantitative estimate of drug-likeness (QED) is 0.546. The molecule has 0 spiro atoms. The van der Waals surface area contributed by atoms with Gasteiger partial charge in [0.15, 0.2) is 0 Å². The fraction of sp³-hybridized carbons (Fsp3) is 0.182. The molecule has 0 aliphatic heterocycles. The molecule has 0 atom stereocenters. The number of benzene rings is 1. The third-order valence-corrected chi connectivity index (χ3v) is 2.50. The maximum Gasteiger partial charge on any atom is 0.255 e. The molecule has 4 heteroatoms. The zero-order valence-electron chi connectivity index (χ0n) is 8.37. The molecular weight excluding hydrogens is 195 g/mol. The van der Waals surface area contributed by atoms with E-state index >= 15 is 0 Å². The van der Waals surface area contributed by atoms with Gasteiger partial charge in [-0.2, -0.15) is 0 Å². The summed E-state index contributed by atoms with van der Waals surface area (Å²) in [7, 11) is 0. The first kappa shape index (κ1) is 9.86. The van der Waals surface area contributed by atoms with Crippen molar-refractivity contribution >= 4 is 10.8 Å². The van der Waals surface area contributed by atoms with Crippen molar-refractivity contribution in [2.24, 2.45) is 5.73 Å². The number of rotatable bonds is 1. The van der Waals surface area contributed by atoms with Gasteiger partial charge in [0.2, 0.25) is 6.20 Å². The molecule has 78 valence electrons. The average Bonchev–Trinajstić information content (AvgIpc) is 2.19. The lowest BCUT2D eigenvalue weighted by molar-refractivity contribution is -0.908. The molecule has 2 rings (SSSR count).